The van der Waals surface area contributed by atoms with E-state index in [0.29, 0.717) is 11.5 Å². The highest BCUT2D eigenvalue weighted by Crippen LogP contribution is 2.31. The Bertz CT molecular complexity index is 866. The summed E-state index contributed by atoms with van der Waals surface area (Å²) < 4.78 is 6.79. The van der Waals surface area contributed by atoms with Gasteiger partial charge in [-0.3, -0.25) is 0 Å². The standard InChI is InChI=1S/C15H9N3OS2/c16-8-9(14(17)20)7-10-5-6-12(19-10)15-18-11-3-1-2-4-13(11)21-15/h1-7H,(H2,17,20). The molecule has 1 aromatic carbocycles. The van der Waals surface area contributed by atoms with Crippen LogP contribution in [-0.2, 0) is 0 Å². The summed E-state index contributed by atoms with van der Waals surface area (Å²) in [5.74, 6) is 1.18. The number of fused-ring (bicyclic) bond motifs is 1. The number of rotatable bonds is 3. The Labute approximate surface area is 130 Å². The lowest BCUT2D eigenvalue weighted by Gasteiger charge is -1.92. The Morgan fingerprint density at radius 1 is 1.33 bits per heavy atom. The molecule has 2 heterocycles. The number of hydrogen-bond acceptors (Lipinski definition) is 5. The van der Waals surface area contributed by atoms with E-state index < -0.39 is 0 Å². The molecule has 0 saturated heterocycles. The van der Waals surface area contributed by atoms with Gasteiger partial charge < -0.3 is 10.2 Å². The van der Waals surface area contributed by atoms with Crippen molar-refractivity contribution in [2.24, 2.45) is 5.73 Å². The van der Waals surface area contributed by atoms with Gasteiger partial charge in [-0.15, -0.1) is 11.3 Å². The first kappa shape index (κ1) is 13.5. The summed E-state index contributed by atoms with van der Waals surface area (Å²) in [6.45, 7) is 0. The van der Waals surface area contributed by atoms with Crippen molar-refractivity contribution in [1.82, 2.24) is 4.98 Å². The van der Waals surface area contributed by atoms with Crippen LogP contribution in [-0.4, -0.2) is 9.97 Å². The second kappa shape index (κ2) is 5.48. The number of nitrogens with two attached hydrogens (primary N) is 1. The van der Waals surface area contributed by atoms with Crippen LogP contribution in [0.3, 0.4) is 0 Å². The van der Waals surface area contributed by atoms with Gasteiger partial charge in [-0.1, -0.05) is 24.4 Å². The highest BCUT2D eigenvalue weighted by atomic mass is 32.1. The first-order chi connectivity index (χ1) is 10.2. The van der Waals surface area contributed by atoms with E-state index in [9.17, 15) is 0 Å². The van der Waals surface area contributed by atoms with E-state index in [-0.39, 0.29) is 10.6 Å². The third-order valence-corrected chi connectivity index (χ3v) is 4.07. The maximum absolute atomic E-state index is 8.94. The fourth-order valence-corrected chi connectivity index (χ4v) is 2.86. The lowest BCUT2D eigenvalue weighted by atomic mass is 10.2. The average Bonchev–Trinajstić information content (AvgIpc) is 3.10. The average molecular weight is 311 g/mol. The van der Waals surface area contributed by atoms with E-state index in [1.165, 1.54) is 6.08 Å². The molecule has 4 nitrogen and oxygen atoms in total. The number of nitriles is 1. The summed E-state index contributed by atoms with van der Waals surface area (Å²) in [5, 5.41) is 9.74. The van der Waals surface area contributed by atoms with Gasteiger partial charge in [0.15, 0.2) is 10.8 Å². The van der Waals surface area contributed by atoms with E-state index in [0.717, 1.165) is 15.2 Å². The van der Waals surface area contributed by atoms with Crippen LogP contribution in [0.1, 0.15) is 5.76 Å². The molecule has 0 aliphatic heterocycles. The first-order valence-corrected chi connectivity index (χ1v) is 7.27. The maximum atomic E-state index is 8.94. The molecule has 0 spiro atoms. The molecule has 0 atom stereocenters. The van der Waals surface area contributed by atoms with Gasteiger partial charge in [-0.05, 0) is 24.3 Å². The Morgan fingerprint density at radius 3 is 2.86 bits per heavy atom. The smallest absolute Gasteiger partial charge is 0.163 e. The van der Waals surface area contributed by atoms with Crippen molar-refractivity contribution >= 4 is 44.8 Å². The van der Waals surface area contributed by atoms with Crippen molar-refractivity contribution in [1.29, 1.82) is 5.26 Å². The van der Waals surface area contributed by atoms with Crippen LogP contribution in [0.15, 0.2) is 46.4 Å². The number of thiocarbonyl (C=S) groups is 1. The first-order valence-electron chi connectivity index (χ1n) is 6.05. The van der Waals surface area contributed by atoms with Gasteiger partial charge in [0.2, 0.25) is 0 Å². The molecule has 0 unspecified atom stereocenters. The van der Waals surface area contributed by atoms with Gasteiger partial charge in [0.05, 0.1) is 15.8 Å². The van der Waals surface area contributed by atoms with Crippen LogP contribution in [0, 0.1) is 11.3 Å². The van der Waals surface area contributed by atoms with Gasteiger partial charge in [-0.2, -0.15) is 5.26 Å². The van der Waals surface area contributed by atoms with E-state index in [4.69, 9.17) is 27.6 Å². The van der Waals surface area contributed by atoms with E-state index in [2.05, 4.69) is 4.98 Å². The van der Waals surface area contributed by atoms with E-state index >= 15 is 0 Å². The van der Waals surface area contributed by atoms with Gasteiger partial charge in [0.25, 0.3) is 0 Å². The summed E-state index contributed by atoms with van der Waals surface area (Å²) in [6, 6.07) is 13.4. The van der Waals surface area contributed by atoms with Crippen molar-refractivity contribution in [3.05, 3.63) is 47.7 Å². The van der Waals surface area contributed by atoms with Crippen molar-refractivity contribution in [2.45, 2.75) is 0 Å². The molecule has 21 heavy (non-hydrogen) atoms. The van der Waals surface area contributed by atoms with Gasteiger partial charge in [-0.25, -0.2) is 4.98 Å². The number of aromatic nitrogens is 1. The highest BCUT2D eigenvalue weighted by Gasteiger charge is 2.10. The molecule has 6 heteroatoms. The largest absolute Gasteiger partial charge is 0.454 e. The molecule has 0 fully saturated rings. The van der Waals surface area contributed by atoms with Gasteiger partial charge in [0.1, 0.15) is 16.8 Å². The van der Waals surface area contributed by atoms with Crippen LogP contribution in [0.5, 0.6) is 0 Å². The quantitative estimate of drug-likeness (QED) is 0.453. The second-order valence-corrected chi connectivity index (χ2v) is 5.69. The van der Waals surface area contributed by atoms with E-state index in [1.54, 1.807) is 17.4 Å². The minimum Gasteiger partial charge on any atom is -0.454 e. The van der Waals surface area contributed by atoms with Crippen LogP contribution < -0.4 is 5.73 Å². The molecule has 0 bridgehead atoms. The number of nitrogens with zero attached hydrogens (tertiary/aromatic N) is 2. The molecular weight excluding hydrogens is 302 g/mol. The predicted molar refractivity (Wildman–Crippen MR) is 87.7 cm³/mol. The third-order valence-electron chi connectivity index (χ3n) is 2.80. The number of para-hydroxylation sites is 1. The molecule has 2 N–H and O–H groups in total. The molecule has 2 aromatic heterocycles. The summed E-state index contributed by atoms with van der Waals surface area (Å²) in [7, 11) is 0. The summed E-state index contributed by atoms with van der Waals surface area (Å²) in [4.78, 5) is 4.57. The predicted octanol–water partition coefficient (Wildman–Crippen LogP) is 3.75. The molecule has 0 radical (unpaired) electrons. The van der Waals surface area contributed by atoms with Crippen LogP contribution in [0.2, 0.25) is 0 Å². The molecular formula is C15H9N3OS2. The molecule has 0 amide bonds. The molecule has 0 aliphatic carbocycles. The fraction of sp³-hybridized carbons (Fsp3) is 0. The van der Waals surface area contributed by atoms with Gasteiger partial charge in [0, 0.05) is 6.08 Å². The number of thiazole rings is 1. The molecule has 3 rings (SSSR count). The Morgan fingerprint density at radius 2 is 2.14 bits per heavy atom. The molecule has 0 saturated carbocycles. The van der Waals surface area contributed by atoms with Crippen LogP contribution in [0.4, 0.5) is 0 Å². The number of hydrogen-bond donors (Lipinski definition) is 1. The second-order valence-electron chi connectivity index (χ2n) is 4.22. The minimum absolute atomic E-state index is 0.0513. The Balaban J connectivity index is 1.98. The van der Waals surface area contributed by atoms with Crippen molar-refractivity contribution in [2.75, 3.05) is 0 Å². The zero-order chi connectivity index (χ0) is 14.8. The van der Waals surface area contributed by atoms with Crippen molar-refractivity contribution < 1.29 is 4.42 Å². The molecule has 3 aromatic rings. The summed E-state index contributed by atoms with van der Waals surface area (Å²) >= 11 is 6.35. The van der Waals surface area contributed by atoms with Gasteiger partial charge >= 0.3 is 0 Å². The highest BCUT2D eigenvalue weighted by molar-refractivity contribution is 7.80. The summed E-state index contributed by atoms with van der Waals surface area (Å²) in [6.07, 6.45) is 1.53. The third kappa shape index (κ3) is 2.70. The number of benzene rings is 1. The Kier molecular flexibility index (Phi) is 3.52. The monoisotopic (exact) mass is 311 g/mol. The summed E-state index contributed by atoms with van der Waals surface area (Å²) in [5.41, 5.74) is 6.61. The molecule has 102 valence electrons. The van der Waals surface area contributed by atoms with Crippen molar-refractivity contribution in [3.63, 3.8) is 0 Å². The maximum Gasteiger partial charge on any atom is 0.163 e. The minimum atomic E-state index is 0.0513. The zero-order valence-corrected chi connectivity index (χ0v) is 12.4. The Hall–Kier alpha value is -2.49. The number of furan rings is 1. The van der Waals surface area contributed by atoms with Crippen molar-refractivity contribution in [3.8, 4) is 16.8 Å². The zero-order valence-electron chi connectivity index (χ0n) is 10.7. The SMILES string of the molecule is N#CC(=Cc1ccc(-c2nc3ccccc3s2)o1)C(N)=S. The topological polar surface area (TPSA) is 75.8 Å². The fourth-order valence-electron chi connectivity index (χ4n) is 1.82. The van der Waals surface area contributed by atoms with E-state index in [1.807, 2.05) is 36.4 Å². The lowest BCUT2D eigenvalue weighted by molar-refractivity contribution is 0.571. The normalized spacial score (nSPS) is 11.5. The van der Waals surface area contributed by atoms with Crippen LogP contribution in [0.25, 0.3) is 27.1 Å². The molecule has 0 aliphatic rings. The lowest BCUT2D eigenvalue weighted by Crippen LogP contribution is -2.09. The van der Waals surface area contributed by atoms with Crippen LogP contribution >= 0.6 is 23.6 Å².